The van der Waals surface area contributed by atoms with Crippen LogP contribution in [0.15, 0.2) is 52.5 Å². The monoisotopic (exact) mass is 409 g/mol. The van der Waals surface area contributed by atoms with Crippen LogP contribution in [0.1, 0.15) is 34.5 Å². The molecule has 4 rings (SSSR count). The summed E-state index contributed by atoms with van der Waals surface area (Å²) in [5, 5.41) is 4.92. The number of aryl methyl sites for hydroxylation is 1. The van der Waals surface area contributed by atoms with Crippen molar-refractivity contribution in [3.8, 4) is 10.8 Å². The summed E-state index contributed by atoms with van der Waals surface area (Å²) in [6.07, 6.45) is 2.92. The highest BCUT2D eigenvalue weighted by Crippen LogP contribution is 2.24. The zero-order valence-electron chi connectivity index (χ0n) is 16.3. The molecule has 1 aromatic carbocycles. The third kappa shape index (κ3) is 4.40. The molecule has 3 aromatic rings. The Morgan fingerprint density at radius 1 is 1.21 bits per heavy atom. The van der Waals surface area contributed by atoms with Crippen molar-refractivity contribution in [3.05, 3.63) is 64.9 Å². The molecule has 1 aliphatic rings. The normalized spacial score (nSPS) is 14.7. The fourth-order valence-electron chi connectivity index (χ4n) is 3.55. The molecule has 0 atom stereocenters. The molecule has 2 amide bonds. The summed E-state index contributed by atoms with van der Waals surface area (Å²) in [4.78, 5) is 32.5. The molecule has 0 unspecified atom stereocenters. The van der Waals surface area contributed by atoms with Crippen LogP contribution < -0.4 is 5.32 Å². The minimum Gasteiger partial charge on any atom is -0.443 e. The molecule has 1 N–H and O–H groups in total. The van der Waals surface area contributed by atoms with Crippen LogP contribution >= 0.6 is 11.3 Å². The number of aromatic nitrogens is 1. The third-order valence-corrected chi connectivity index (χ3v) is 6.11. The molecule has 1 fully saturated rings. The smallest absolute Gasteiger partial charge is 0.254 e. The van der Waals surface area contributed by atoms with E-state index in [1.54, 1.807) is 17.6 Å². The molecule has 2 aromatic heterocycles. The average molecular weight is 410 g/mol. The van der Waals surface area contributed by atoms with E-state index in [1.165, 1.54) is 0 Å². The Labute approximate surface area is 173 Å². The van der Waals surface area contributed by atoms with Crippen LogP contribution in [0.3, 0.4) is 0 Å². The van der Waals surface area contributed by atoms with E-state index in [1.807, 2.05) is 53.6 Å². The van der Waals surface area contributed by atoms with Crippen LogP contribution in [-0.2, 0) is 11.3 Å². The summed E-state index contributed by atoms with van der Waals surface area (Å²) in [5.41, 5.74) is 2.42. The van der Waals surface area contributed by atoms with Crippen molar-refractivity contribution in [2.45, 2.75) is 26.3 Å². The Morgan fingerprint density at radius 2 is 2.00 bits per heavy atom. The Morgan fingerprint density at radius 3 is 2.72 bits per heavy atom. The van der Waals surface area contributed by atoms with E-state index in [0.717, 1.165) is 16.0 Å². The predicted octanol–water partition coefficient (Wildman–Crippen LogP) is 3.88. The number of amides is 2. The van der Waals surface area contributed by atoms with Crippen LogP contribution in [0.2, 0.25) is 0 Å². The van der Waals surface area contributed by atoms with Crippen LogP contribution in [0, 0.1) is 12.8 Å². The van der Waals surface area contributed by atoms with E-state index >= 15 is 0 Å². The second kappa shape index (κ2) is 8.61. The molecule has 0 aliphatic carbocycles. The van der Waals surface area contributed by atoms with Gasteiger partial charge in [-0.15, -0.1) is 11.3 Å². The molecule has 1 aliphatic heterocycles. The zero-order chi connectivity index (χ0) is 20.2. The van der Waals surface area contributed by atoms with Crippen molar-refractivity contribution in [2.75, 3.05) is 13.1 Å². The molecular weight excluding hydrogens is 386 g/mol. The van der Waals surface area contributed by atoms with Crippen molar-refractivity contribution < 1.29 is 14.0 Å². The molecule has 0 radical (unpaired) electrons. The fourth-order valence-corrected chi connectivity index (χ4v) is 4.21. The number of piperidine rings is 1. The number of nitrogens with zero attached hydrogens (tertiary/aromatic N) is 2. The van der Waals surface area contributed by atoms with Crippen molar-refractivity contribution in [3.63, 3.8) is 0 Å². The van der Waals surface area contributed by atoms with Gasteiger partial charge < -0.3 is 14.6 Å². The van der Waals surface area contributed by atoms with E-state index in [0.29, 0.717) is 44.1 Å². The van der Waals surface area contributed by atoms with Crippen molar-refractivity contribution in [2.24, 2.45) is 5.92 Å². The topological polar surface area (TPSA) is 75.4 Å². The number of rotatable bonds is 5. The third-order valence-electron chi connectivity index (χ3n) is 5.26. The Hall–Kier alpha value is -2.93. The van der Waals surface area contributed by atoms with E-state index in [-0.39, 0.29) is 17.7 Å². The number of carbonyl (C=O) groups excluding carboxylic acids is 2. The lowest BCUT2D eigenvalue weighted by atomic mass is 9.95. The summed E-state index contributed by atoms with van der Waals surface area (Å²) in [6.45, 7) is 3.48. The van der Waals surface area contributed by atoms with Gasteiger partial charge in [-0.1, -0.05) is 24.3 Å². The summed E-state index contributed by atoms with van der Waals surface area (Å²) in [7, 11) is 0. The molecule has 0 bridgehead atoms. The van der Waals surface area contributed by atoms with Gasteiger partial charge in [-0.05, 0) is 42.8 Å². The summed E-state index contributed by atoms with van der Waals surface area (Å²) in [6, 6.07) is 11.5. The number of thiophene rings is 1. The quantitative estimate of drug-likeness (QED) is 0.694. The Balaban J connectivity index is 1.27. The van der Waals surface area contributed by atoms with Gasteiger partial charge in [0.25, 0.3) is 5.91 Å². The lowest BCUT2D eigenvalue weighted by molar-refractivity contribution is -0.126. The number of oxazole rings is 1. The molecule has 3 heterocycles. The van der Waals surface area contributed by atoms with E-state index in [2.05, 4.69) is 10.3 Å². The van der Waals surface area contributed by atoms with Gasteiger partial charge in [0.2, 0.25) is 11.8 Å². The van der Waals surface area contributed by atoms with Gasteiger partial charge >= 0.3 is 0 Å². The first kappa shape index (κ1) is 19.4. The van der Waals surface area contributed by atoms with E-state index in [9.17, 15) is 9.59 Å². The lowest BCUT2D eigenvalue weighted by Crippen LogP contribution is -2.43. The molecule has 0 saturated carbocycles. The minimum absolute atomic E-state index is 0.00802. The van der Waals surface area contributed by atoms with Crippen molar-refractivity contribution >= 4 is 23.2 Å². The van der Waals surface area contributed by atoms with E-state index in [4.69, 9.17) is 4.42 Å². The highest BCUT2D eigenvalue weighted by Gasteiger charge is 2.28. The van der Waals surface area contributed by atoms with Crippen molar-refractivity contribution in [1.29, 1.82) is 0 Å². The number of benzene rings is 1. The number of carbonyl (C=O) groups is 2. The predicted molar refractivity (Wildman–Crippen MR) is 111 cm³/mol. The van der Waals surface area contributed by atoms with Gasteiger partial charge in [0, 0.05) is 24.6 Å². The lowest BCUT2D eigenvalue weighted by Gasteiger charge is -2.31. The standard InChI is InChI=1S/C22H23N3O3S/c1-15-5-2-3-6-18(15)22(27)25-10-8-16(9-11-25)20(26)23-13-17-14-28-21(24-17)19-7-4-12-29-19/h2-7,12,14,16H,8-11,13H2,1H3,(H,23,26). The van der Waals surface area contributed by atoms with Gasteiger partial charge in [-0.3, -0.25) is 9.59 Å². The molecule has 29 heavy (non-hydrogen) atoms. The number of hydrogen-bond donors (Lipinski definition) is 1. The molecular formula is C22H23N3O3S. The molecule has 1 saturated heterocycles. The van der Waals surface area contributed by atoms with Gasteiger partial charge in [0.1, 0.15) is 6.26 Å². The maximum atomic E-state index is 12.7. The minimum atomic E-state index is -0.0837. The van der Waals surface area contributed by atoms with Crippen LogP contribution in [0.25, 0.3) is 10.8 Å². The summed E-state index contributed by atoms with van der Waals surface area (Å²) >= 11 is 1.56. The first-order valence-corrected chi connectivity index (χ1v) is 10.6. The van der Waals surface area contributed by atoms with Crippen molar-refractivity contribution in [1.82, 2.24) is 15.2 Å². The molecule has 7 heteroatoms. The summed E-state index contributed by atoms with van der Waals surface area (Å²) in [5.74, 6) is 0.547. The van der Waals surface area contributed by atoms with Crippen LogP contribution in [-0.4, -0.2) is 34.8 Å². The highest BCUT2D eigenvalue weighted by molar-refractivity contribution is 7.13. The second-order valence-corrected chi connectivity index (χ2v) is 8.17. The van der Waals surface area contributed by atoms with Gasteiger partial charge in [0.05, 0.1) is 17.1 Å². The SMILES string of the molecule is Cc1ccccc1C(=O)N1CCC(C(=O)NCc2coc(-c3cccs3)n2)CC1. The first-order chi connectivity index (χ1) is 14.1. The molecule has 150 valence electrons. The second-order valence-electron chi connectivity index (χ2n) is 7.22. The van der Waals surface area contributed by atoms with Gasteiger partial charge in [-0.25, -0.2) is 4.98 Å². The van der Waals surface area contributed by atoms with Crippen LogP contribution in [0.4, 0.5) is 0 Å². The number of hydrogen-bond acceptors (Lipinski definition) is 5. The maximum absolute atomic E-state index is 12.7. The average Bonchev–Trinajstić information content (AvgIpc) is 3.44. The van der Waals surface area contributed by atoms with Gasteiger partial charge in [0.15, 0.2) is 0 Å². The largest absolute Gasteiger partial charge is 0.443 e. The zero-order valence-corrected chi connectivity index (χ0v) is 17.1. The Bertz CT molecular complexity index is 988. The number of likely N-dealkylation sites (tertiary alicyclic amines) is 1. The number of nitrogens with one attached hydrogen (secondary N) is 1. The Kier molecular flexibility index (Phi) is 5.76. The van der Waals surface area contributed by atoms with Gasteiger partial charge in [-0.2, -0.15) is 0 Å². The van der Waals surface area contributed by atoms with E-state index < -0.39 is 0 Å². The summed E-state index contributed by atoms with van der Waals surface area (Å²) < 4.78 is 5.48. The maximum Gasteiger partial charge on any atom is 0.254 e. The first-order valence-electron chi connectivity index (χ1n) is 9.72. The fraction of sp³-hybridized carbons (Fsp3) is 0.318. The molecule has 0 spiro atoms. The molecule has 6 nitrogen and oxygen atoms in total. The van der Waals surface area contributed by atoms with Crippen LogP contribution in [0.5, 0.6) is 0 Å². The highest BCUT2D eigenvalue weighted by atomic mass is 32.1.